The van der Waals surface area contributed by atoms with Gasteiger partial charge in [0.1, 0.15) is 0 Å². The molecule has 0 spiro atoms. The fourth-order valence-electron chi connectivity index (χ4n) is 1.66. The van der Waals surface area contributed by atoms with Crippen LogP contribution in [0.5, 0.6) is 11.5 Å². The number of hydrogen-bond acceptors (Lipinski definition) is 4. The molecule has 5 nitrogen and oxygen atoms in total. The normalized spacial score (nSPS) is 11.8. The Balaban J connectivity index is 2.57. The van der Waals surface area contributed by atoms with Gasteiger partial charge in [-0.05, 0) is 31.0 Å². The predicted molar refractivity (Wildman–Crippen MR) is 77.0 cm³/mol. The SMILES string of the molecule is CCCCNC(=O)COc1ccc([C@@H](C)O)cc1OC. The minimum Gasteiger partial charge on any atom is -0.493 e. The van der Waals surface area contributed by atoms with Gasteiger partial charge in [-0.1, -0.05) is 19.4 Å². The first kappa shape index (κ1) is 16.3. The van der Waals surface area contributed by atoms with E-state index in [2.05, 4.69) is 12.2 Å². The third-order valence-electron chi connectivity index (χ3n) is 2.88. The van der Waals surface area contributed by atoms with Crippen LogP contribution in [0.2, 0.25) is 0 Å². The Kier molecular flexibility index (Phi) is 6.87. The molecule has 0 saturated heterocycles. The van der Waals surface area contributed by atoms with E-state index in [1.165, 1.54) is 7.11 Å². The van der Waals surface area contributed by atoms with Crippen molar-refractivity contribution in [3.63, 3.8) is 0 Å². The van der Waals surface area contributed by atoms with Crippen LogP contribution in [0.25, 0.3) is 0 Å². The van der Waals surface area contributed by atoms with Crippen LogP contribution in [0.1, 0.15) is 38.4 Å². The number of carbonyl (C=O) groups is 1. The molecule has 2 N–H and O–H groups in total. The summed E-state index contributed by atoms with van der Waals surface area (Å²) in [7, 11) is 1.52. The van der Waals surface area contributed by atoms with Crippen molar-refractivity contribution in [1.82, 2.24) is 5.32 Å². The standard InChI is InChI=1S/C15H23NO4/c1-4-5-8-16-15(18)10-20-13-7-6-12(11(2)17)9-14(13)19-3/h6-7,9,11,17H,4-5,8,10H2,1-3H3,(H,16,18)/t11-/m1/s1. The zero-order chi connectivity index (χ0) is 15.0. The second kappa shape index (κ2) is 8.43. The van der Waals surface area contributed by atoms with Gasteiger partial charge < -0.3 is 19.9 Å². The average Bonchev–Trinajstić information content (AvgIpc) is 2.45. The van der Waals surface area contributed by atoms with Crippen molar-refractivity contribution >= 4 is 5.91 Å². The first-order chi connectivity index (χ1) is 9.58. The Bertz CT molecular complexity index is 432. The molecule has 1 aromatic carbocycles. The lowest BCUT2D eigenvalue weighted by atomic mass is 10.1. The number of aliphatic hydroxyl groups is 1. The molecule has 1 rings (SSSR count). The molecule has 0 heterocycles. The van der Waals surface area contributed by atoms with Crippen LogP contribution in [-0.4, -0.2) is 31.3 Å². The first-order valence-corrected chi connectivity index (χ1v) is 6.84. The third-order valence-corrected chi connectivity index (χ3v) is 2.88. The third kappa shape index (κ3) is 5.09. The highest BCUT2D eigenvalue weighted by molar-refractivity contribution is 5.77. The smallest absolute Gasteiger partial charge is 0.257 e. The lowest BCUT2D eigenvalue weighted by Crippen LogP contribution is -2.29. The summed E-state index contributed by atoms with van der Waals surface area (Å²) in [5.41, 5.74) is 0.738. The lowest BCUT2D eigenvalue weighted by Gasteiger charge is -2.13. The Morgan fingerprint density at radius 1 is 1.40 bits per heavy atom. The molecule has 112 valence electrons. The van der Waals surface area contributed by atoms with Gasteiger partial charge in [0.2, 0.25) is 0 Å². The number of carbonyl (C=O) groups excluding carboxylic acids is 1. The van der Waals surface area contributed by atoms with E-state index < -0.39 is 6.10 Å². The molecule has 1 amide bonds. The van der Waals surface area contributed by atoms with Gasteiger partial charge in [0, 0.05) is 6.54 Å². The van der Waals surface area contributed by atoms with Crippen molar-refractivity contribution in [3.05, 3.63) is 23.8 Å². The van der Waals surface area contributed by atoms with Crippen LogP contribution in [0.4, 0.5) is 0 Å². The van der Waals surface area contributed by atoms with Gasteiger partial charge in [0.25, 0.3) is 5.91 Å². The number of nitrogens with one attached hydrogen (secondary N) is 1. The topological polar surface area (TPSA) is 67.8 Å². The van der Waals surface area contributed by atoms with Gasteiger partial charge in [0.05, 0.1) is 13.2 Å². The van der Waals surface area contributed by atoms with Gasteiger partial charge in [-0.25, -0.2) is 0 Å². The number of amides is 1. The number of aliphatic hydroxyl groups excluding tert-OH is 1. The minimum atomic E-state index is -0.574. The summed E-state index contributed by atoms with van der Waals surface area (Å²) in [4.78, 5) is 11.5. The number of methoxy groups -OCH3 is 1. The molecule has 0 aliphatic rings. The highest BCUT2D eigenvalue weighted by atomic mass is 16.5. The van der Waals surface area contributed by atoms with Gasteiger partial charge in [-0.2, -0.15) is 0 Å². The number of rotatable bonds is 8. The van der Waals surface area contributed by atoms with E-state index in [4.69, 9.17) is 9.47 Å². The van der Waals surface area contributed by atoms with Crippen molar-refractivity contribution in [2.75, 3.05) is 20.3 Å². The van der Waals surface area contributed by atoms with Crippen molar-refractivity contribution in [1.29, 1.82) is 0 Å². The maximum atomic E-state index is 11.5. The zero-order valence-electron chi connectivity index (χ0n) is 12.3. The van der Waals surface area contributed by atoms with Crippen molar-refractivity contribution in [2.24, 2.45) is 0 Å². The fourth-order valence-corrected chi connectivity index (χ4v) is 1.66. The van der Waals surface area contributed by atoms with E-state index in [9.17, 15) is 9.90 Å². The Morgan fingerprint density at radius 3 is 2.75 bits per heavy atom. The molecule has 0 unspecified atom stereocenters. The molecule has 20 heavy (non-hydrogen) atoms. The molecule has 0 bridgehead atoms. The van der Waals surface area contributed by atoms with Gasteiger partial charge >= 0.3 is 0 Å². The van der Waals surface area contributed by atoms with Crippen molar-refractivity contribution in [2.45, 2.75) is 32.8 Å². The maximum absolute atomic E-state index is 11.5. The summed E-state index contributed by atoms with van der Waals surface area (Å²) in [6.07, 6.45) is 1.42. The number of hydrogen-bond donors (Lipinski definition) is 2. The monoisotopic (exact) mass is 281 g/mol. The van der Waals surface area contributed by atoms with E-state index >= 15 is 0 Å². The van der Waals surface area contributed by atoms with Crippen LogP contribution < -0.4 is 14.8 Å². The second-order valence-corrected chi connectivity index (χ2v) is 4.58. The molecule has 1 aromatic rings. The Labute approximate surface area is 119 Å². The van der Waals surface area contributed by atoms with Crippen LogP contribution >= 0.6 is 0 Å². The second-order valence-electron chi connectivity index (χ2n) is 4.58. The quantitative estimate of drug-likeness (QED) is 0.716. The van der Waals surface area contributed by atoms with Crippen molar-refractivity contribution in [3.8, 4) is 11.5 Å². The highest BCUT2D eigenvalue weighted by Gasteiger charge is 2.10. The molecule has 5 heteroatoms. The molecule has 0 saturated carbocycles. The Morgan fingerprint density at radius 2 is 2.15 bits per heavy atom. The largest absolute Gasteiger partial charge is 0.493 e. The summed E-state index contributed by atoms with van der Waals surface area (Å²) in [5, 5.41) is 12.3. The average molecular weight is 281 g/mol. The van der Waals surface area contributed by atoms with E-state index in [0.717, 1.165) is 18.4 Å². The molecular weight excluding hydrogens is 258 g/mol. The number of benzene rings is 1. The summed E-state index contributed by atoms with van der Waals surface area (Å²) >= 11 is 0. The summed E-state index contributed by atoms with van der Waals surface area (Å²) in [6, 6.07) is 5.15. The summed E-state index contributed by atoms with van der Waals surface area (Å²) in [6.45, 7) is 4.36. The van der Waals surface area contributed by atoms with Crippen LogP contribution in [-0.2, 0) is 4.79 Å². The zero-order valence-corrected chi connectivity index (χ0v) is 12.3. The molecule has 0 aliphatic heterocycles. The molecule has 0 aliphatic carbocycles. The maximum Gasteiger partial charge on any atom is 0.257 e. The van der Waals surface area contributed by atoms with Crippen LogP contribution in [0.3, 0.4) is 0 Å². The summed E-state index contributed by atoms with van der Waals surface area (Å²) in [5.74, 6) is 0.840. The number of unbranched alkanes of at least 4 members (excludes halogenated alkanes) is 1. The first-order valence-electron chi connectivity index (χ1n) is 6.84. The van der Waals surface area contributed by atoms with E-state index in [1.54, 1.807) is 25.1 Å². The minimum absolute atomic E-state index is 0.0475. The Hall–Kier alpha value is -1.75. The van der Waals surface area contributed by atoms with E-state index in [-0.39, 0.29) is 12.5 Å². The summed E-state index contributed by atoms with van der Waals surface area (Å²) < 4.78 is 10.6. The van der Waals surface area contributed by atoms with Crippen LogP contribution in [0.15, 0.2) is 18.2 Å². The fraction of sp³-hybridized carbons (Fsp3) is 0.533. The lowest BCUT2D eigenvalue weighted by molar-refractivity contribution is -0.123. The van der Waals surface area contributed by atoms with Gasteiger partial charge in [-0.3, -0.25) is 4.79 Å². The molecule has 0 fully saturated rings. The van der Waals surface area contributed by atoms with E-state index in [0.29, 0.717) is 18.0 Å². The number of ether oxygens (including phenoxy) is 2. The molecule has 0 radical (unpaired) electrons. The van der Waals surface area contributed by atoms with Gasteiger partial charge in [-0.15, -0.1) is 0 Å². The van der Waals surface area contributed by atoms with Crippen LogP contribution in [0, 0.1) is 0 Å². The van der Waals surface area contributed by atoms with Gasteiger partial charge in [0.15, 0.2) is 18.1 Å². The molecule has 1 atom stereocenters. The molecular formula is C15H23NO4. The van der Waals surface area contributed by atoms with E-state index in [1.807, 2.05) is 0 Å². The molecule has 0 aromatic heterocycles. The highest BCUT2D eigenvalue weighted by Crippen LogP contribution is 2.30. The predicted octanol–water partition coefficient (Wildman–Crippen LogP) is 2.04. The van der Waals surface area contributed by atoms with Crippen molar-refractivity contribution < 1.29 is 19.4 Å².